The minimum absolute atomic E-state index is 0.216. The van der Waals surface area contributed by atoms with Gasteiger partial charge in [-0.3, -0.25) is 10.2 Å². The van der Waals surface area contributed by atoms with Crippen molar-refractivity contribution < 1.29 is 22.4 Å². The van der Waals surface area contributed by atoms with Crippen LogP contribution in [0.3, 0.4) is 0 Å². The van der Waals surface area contributed by atoms with Gasteiger partial charge in [-0.05, 0) is 63.4 Å². The van der Waals surface area contributed by atoms with E-state index in [4.69, 9.17) is 4.42 Å². The van der Waals surface area contributed by atoms with E-state index in [0.717, 1.165) is 35.2 Å². The summed E-state index contributed by atoms with van der Waals surface area (Å²) in [6, 6.07) is 10.6. The molecule has 0 spiro atoms. The van der Waals surface area contributed by atoms with Gasteiger partial charge in [0.25, 0.3) is 5.91 Å². The number of amides is 1. The number of nitrogens with zero attached hydrogens (tertiary/aromatic N) is 1. The standard InChI is InChI=1S/C25H24F3N3O2/c1-14-10-11-19(15(2)12-14)29-24(32)23-16(3)22-20(8-5-9-21(22)33-23)31-30-18-7-4-6-17(13-18)25(26,27)28/h4,6-7,10-13,30H,5,8-9H2,1-3H3,(H,29,32)/b31-20+. The highest BCUT2D eigenvalue weighted by Gasteiger charge is 2.31. The fraction of sp³-hybridized carbons (Fsp3) is 0.280. The van der Waals surface area contributed by atoms with E-state index in [1.807, 2.05) is 32.0 Å². The Morgan fingerprint density at radius 1 is 1.06 bits per heavy atom. The summed E-state index contributed by atoms with van der Waals surface area (Å²) in [5.74, 6) is 0.529. The summed E-state index contributed by atoms with van der Waals surface area (Å²) in [6.45, 7) is 5.70. The van der Waals surface area contributed by atoms with E-state index in [-0.39, 0.29) is 17.4 Å². The van der Waals surface area contributed by atoms with Crippen molar-refractivity contribution in [1.29, 1.82) is 0 Å². The number of fused-ring (bicyclic) bond motifs is 1. The summed E-state index contributed by atoms with van der Waals surface area (Å²) < 4.78 is 44.8. The van der Waals surface area contributed by atoms with Crippen molar-refractivity contribution in [3.05, 3.63) is 81.8 Å². The number of aryl methyl sites for hydroxylation is 3. The van der Waals surface area contributed by atoms with Gasteiger partial charge < -0.3 is 9.73 Å². The lowest BCUT2D eigenvalue weighted by atomic mass is 9.93. The predicted molar refractivity (Wildman–Crippen MR) is 122 cm³/mol. The number of rotatable bonds is 4. The summed E-state index contributed by atoms with van der Waals surface area (Å²) >= 11 is 0. The lowest BCUT2D eigenvalue weighted by Crippen LogP contribution is -2.15. The zero-order chi connectivity index (χ0) is 23.8. The van der Waals surface area contributed by atoms with E-state index in [1.54, 1.807) is 6.92 Å². The van der Waals surface area contributed by atoms with E-state index in [0.29, 0.717) is 35.6 Å². The van der Waals surface area contributed by atoms with Crippen LogP contribution in [0, 0.1) is 20.8 Å². The van der Waals surface area contributed by atoms with Gasteiger partial charge in [0.1, 0.15) is 5.76 Å². The first kappa shape index (κ1) is 22.6. The summed E-state index contributed by atoms with van der Waals surface area (Å²) in [6.07, 6.45) is -2.38. The Hall–Kier alpha value is -3.55. The molecule has 1 aliphatic carbocycles. The second-order valence-corrected chi connectivity index (χ2v) is 8.23. The molecule has 5 nitrogen and oxygen atoms in total. The van der Waals surface area contributed by atoms with Gasteiger partial charge >= 0.3 is 6.18 Å². The molecular formula is C25H24F3N3O2. The van der Waals surface area contributed by atoms with Crippen LogP contribution < -0.4 is 10.7 Å². The summed E-state index contributed by atoms with van der Waals surface area (Å²) in [4.78, 5) is 12.9. The number of nitrogens with one attached hydrogen (secondary N) is 2. The van der Waals surface area contributed by atoms with Gasteiger partial charge in [0.2, 0.25) is 0 Å². The average Bonchev–Trinajstić information content (AvgIpc) is 3.11. The highest BCUT2D eigenvalue weighted by molar-refractivity contribution is 6.09. The summed E-state index contributed by atoms with van der Waals surface area (Å²) in [5.41, 5.74) is 7.03. The van der Waals surface area contributed by atoms with Crippen LogP contribution in [0.2, 0.25) is 0 Å². The van der Waals surface area contributed by atoms with Crippen LogP contribution in [-0.2, 0) is 12.6 Å². The SMILES string of the molecule is Cc1ccc(NC(=O)c2oc3c(c2C)/C(=N/Nc2cccc(C(F)(F)F)c2)CCC3)c(C)c1. The third-order valence-electron chi connectivity index (χ3n) is 5.67. The van der Waals surface area contributed by atoms with Gasteiger partial charge in [0.05, 0.1) is 17.0 Å². The molecule has 0 unspecified atom stereocenters. The van der Waals surface area contributed by atoms with Crippen molar-refractivity contribution in [2.75, 3.05) is 10.7 Å². The van der Waals surface area contributed by atoms with Crippen LogP contribution in [-0.4, -0.2) is 11.6 Å². The smallest absolute Gasteiger partial charge is 0.416 e. The quantitative estimate of drug-likeness (QED) is 0.434. The number of benzene rings is 2. The second kappa shape index (κ2) is 8.77. The Kier molecular flexibility index (Phi) is 6.01. The zero-order valence-corrected chi connectivity index (χ0v) is 18.6. The lowest BCUT2D eigenvalue weighted by molar-refractivity contribution is -0.137. The Morgan fingerprint density at radius 2 is 1.85 bits per heavy atom. The van der Waals surface area contributed by atoms with Gasteiger partial charge in [0.15, 0.2) is 5.76 Å². The van der Waals surface area contributed by atoms with Crippen LogP contribution in [0.15, 0.2) is 52.0 Å². The minimum Gasteiger partial charge on any atom is -0.455 e. The van der Waals surface area contributed by atoms with Gasteiger partial charge in [-0.25, -0.2) is 0 Å². The molecule has 0 aliphatic heterocycles. The number of carbonyl (C=O) groups is 1. The van der Waals surface area contributed by atoms with Crippen LogP contribution >= 0.6 is 0 Å². The molecule has 3 aromatic rings. The van der Waals surface area contributed by atoms with E-state index in [9.17, 15) is 18.0 Å². The van der Waals surface area contributed by atoms with E-state index < -0.39 is 11.7 Å². The number of hydrogen-bond acceptors (Lipinski definition) is 4. The highest BCUT2D eigenvalue weighted by Crippen LogP contribution is 2.32. The molecule has 0 atom stereocenters. The molecule has 0 radical (unpaired) electrons. The molecule has 8 heteroatoms. The van der Waals surface area contributed by atoms with E-state index in [1.165, 1.54) is 12.1 Å². The number of hydrogen-bond donors (Lipinski definition) is 2. The molecule has 1 aromatic heterocycles. The summed E-state index contributed by atoms with van der Waals surface area (Å²) in [5, 5.41) is 7.27. The van der Waals surface area contributed by atoms with Crippen LogP contribution in [0.5, 0.6) is 0 Å². The maximum Gasteiger partial charge on any atom is 0.416 e. The molecule has 0 saturated carbocycles. The third-order valence-corrected chi connectivity index (χ3v) is 5.67. The Balaban J connectivity index is 1.59. The highest BCUT2D eigenvalue weighted by atomic mass is 19.4. The van der Waals surface area contributed by atoms with Crippen molar-refractivity contribution in [1.82, 2.24) is 0 Å². The number of furan rings is 1. The molecule has 0 fully saturated rings. The average molecular weight is 455 g/mol. The number of anilines is 2. The first-order valence-electron chi connectivity index (χ1n) is 10.6. The van der Waals surface area contributed by atoms with Crippen molar-refractivity contribution in [3.8, 4) is 0 Å². The Bertz CT molecular complexity index is 1240. The fourth-order valence-corrected chi connectivity index (χ4v) is 4.03. The molecule has 2 N–H and O–H groups in total. The zero-order valence-electron chi connectivity index (χ0n) is 18.6. The first-order valence-corrected chi connectivity index (χ1v) is 10.6. The number of alkyl halides is 3. The van der Waals surface area contributed by atoms with Crippen molar-refractivity contribution in [2.24, 2.45) is 5.10 Å². The van der Waals surface area contributed by atoms with Gasteiger partial charge in [0, 0.05) is 23.2 Å². The summed E-state index contributed by atoms with van der Waals surface area (Å²) in [7, 11) is 0. The minimum atomic E-state index is -4.43. The molecule has 1 heterocycles. The largest absolute Gasteiger partial charge is 0.455 e. The topological polar surface area (TPSA) is 66.6 Å². The van der Waals surface area contributed by atoms with Gasteiger partial charge in [-0.1, -0.05) is 23.8 Å². The predicted octanol–water partition coefficient (Wildman–Crippen LogP) is 6.63. The van der Waals surface area contributed by atoms with Gasteiger partial charge in [-0.15, -0.1) is 0 Å². The van der Waals surface area contributed by atoms with Crippen LogP contribution in [0.4, 0.5) is 24.5 Å². The maximum absolute atomic E-state index is 13.0. The third kappa shape index (κ3) is 4.79. The molecule has 4 rings (SSSR count). The molecule has 172 valence electrons. The molecule has 33 heavy (non-hydrogen) atoms. The van der Waals surface area contributed by atoms with E-state index >= 15 is 0 Å². The first-order chi connectivity index (χ1) is 15.6. The number of carbonyl (C=O) groups excluding carboxylic acids is 1. The van der Waals surface area contributed by atoms with Crippen molar-refractivity contribution in [3.63, 3.8) is 0 Å². The molecule has 1 aliphatic rings. The number of halogens is 3. The normalized spacial score (nSPS) is 14.8. The Morgan fingerprint density at radius 3 is 2.58 bits per heavy atom. The van der Waals surface area contributed by atoms with Crippen LogP contribution in [0.25, 0.3) is 0 Å². The molecule has 1 amide bonds. The lowest BCUT2D eigenvalue weighted by Gasteiger charge is -2.14. The van der Waals surface area contributed by atoms with E-state index in [2.05, 4.69) is 15.8 Å². The van der Waals surface area contributed by atoms with Gasteiger partial charge in [-0.2, -0.15) is 18.3 Å². The molecule has 0 bridgehead atoms. The number of hydrazone groups is 1. The van der Waals surface area contributed by atoms with Crippen molar-refractivity contribution in [2.45, 2.75) is 46.2 Å². The monoisotopic (exact) mass is 455 g/mol. The Labute approximate surface area is 189 Å². The maximum atomic E-state index is 13.0. The molecule has 2 aromatic carbocycles. The molecular weight excluding hydrogens is 431 g/mol. The second-order valence-electron chi connectivity index (χ2n) is 8.23. The van der Waals surface area contributed by atoms with Crippen molar-refractivity contribution >= 4 is 23.0 Å². The molecule has 0 saturated heterocycles. The fourth-order valence-electron chi connectivity index (χ4n) is 4.03. The van der Waals surface area contributed by atoms with Crippen LogP contribution in [0.1, 0.15) is 57.0 Å².